The van der Waals surface area contributed by atoms with Gasteiger partial charge in [0, 0.05) is 20.2 Å². The van der Waals surface area contributed by atoms with Crippen molar-refractivity contribution in [1.82, 2.24) is 9.96 Å². The fraction of sp³-hybridized carbons (Fsp3) is 0.600. The number of aliphatic hydroxyl groups excluding tert-OH is 1. The summed E-state index contributed by atoms with van der Waals surface area (Å²) in [5, 5.41) is 11.8. The standard InChI is InChI=1S/C15H24N2O3.2ClH/c1-12(18)16-9-10-17(20-3)15(19-2)14(16)11-13-7-5-4-6-8-13;;/h4-8,12,14-15,18H,9-11H2,1-3H3;2*1H. The summed E-state index contributed by atoms with van der Waals surface area (Å²) in [6.45, 7) is 3.27. The summed E-state index contributed by atoms with van der Waals surface area (Å²) in [7, 11) is 3.34. The molecule has 0 spiro atoms. The van der Waals surface area contributed by atoms with Crippen molar-refractivity contribution < 1.29 is 14.7 Å². The number of aliphatic hydroxyl groups is 1. The maximum Gasteiger partial charge on any atom is 0.148 e. The monoisotopic (exact) mass is 352 g/mol. The molecule has 1 saturated heterocycles. The van der Waals surface area contributed by atoms with Crippen molar-refractivity contribution in [3.05, 3.63) is 35.9 Å². The molecule has 3 unspecified atom stereocenters. The van der Waals surface area contributed by atoms with E-state index in [2.05, 4.69) is 17.0 Å². The number of rotatable bonds is 5. The van der Waals surface area contributed by atoms with Crippen molar-refractivity contribution in [2.45, 2.75) is 31.8 Å². The van der Waals surface area contributed by atoms with Crippen LogP contribution in [0.5, 0.6) is 0 Å². The van der Waals surface area contributed by atoms with E-state index in [1.54, 1.807) is 21.1 Å². The average molecular weight is 353 g/mol. The Balaban J connectivity index is 0.00000220. The number of ether oxygens (including phenoxy) is 1. The highest BCUT2D eigenvalue weighted by atomic mass is 35.5. The molecule has 7 heteroatoms. The van der Waals surface area contributed by atoms with Crippen LogP contribution in [0.4, 0.5) is 0 Å². The fourth-order valence-corrected chi connectivity index (χ4v) is 2.87. The van der Waals surface area contributed by atoms with Crippen LogP contribution in [-0.4, -0.2) is 60.9 Å². The summed E-state index contributed by atoms with van der Waals surface area (Å²) in [4.78, 5) is 7.46. The van der Waals surface area contributed by atoms with Gasteiger partial charge in [-0.25, -0.2) is 0 Å². The molecule has 2 rings (SSSR count). The number of benzene rings is 1. The second-order valence-electron chi connectivity index (χ2n) is 5.08. The van der Waals surface area contributed by atoms with E-state index in [4.69, 9.17) is 9.57 Å². The lowest BCUT2D eigenvalue weighted by molar-refractivity contribution is -0.278. The first-order chi connectivity index (χ1) is 9.67. The number of hydrogen-bond acceptors (Lipinski definition) is 5. The second-order valence-corrected chi connectivity index (χ2v) is 5.08. The molecule has 3 atom stereocenters. The highest BCUT2D eigenvalue weighted by molar-refractivity contribution is 5.85. The summed E-state index contributed by atoms with van der Waals surface area (Å²) in [6, 6.07) is 10.3. The van der Waals surface area contributed by atoms with Crippen molar-refractivity contribution in [3.8, 4) is 0 Å². The number of hydrogen-bond donors (Lipinski definition) is 1. The van der Waals surface area contributed by atoms with Crippen LogP contribution < -0.4 is 0 Å². The molecular formula is C15H26Cl2N2O3. The van der Waals surface area contributed by atoms with Gasteiger partial charge in [-0.15, -0.1) is 24.8 Å². The Bertz CT molecular complexity index is 409. The molecule has 1 heterocycles. The molecule has 1 aromatic rings. The van der Waals surface area contributed by atoms with Crippen LogP contribution in [0.2, 0.25) is 0 Å². The fourth-order valence-electron chi connectivity index (χ4n) is 2.87. The molecule has 0 bridgehead atoms. The smallest absolute Gasteiger partial charge is 0.148 e. The Morgan fingerprint density at radius 1 is 1.18 bits per heavy atom. The third kappa shape index (κ3) is 5.06. The topological polar surface area (TPSA) is 45.2 Å². The first-order valence-electron chi connectivity index (χ1n) is 6.98. The molecule has 1 aliphatic heterocycles. The van der Waals surface area contributed by atoms with Crippen LogP contribution >= 0.6 is 24.8 Å². The van der Waals surface area contributed by atoms with E-state index in [1.165, 1.54) is 5.56 Å². The highest BCUT2D eigenvalue weighted by Gasteiger charge is 2.38. The summed E-state index contributed by atoms with van der Waals surface area (Å²) >= 11 is 0. The minimum atomic E-state index is -0.500. The van der Waals surface area contributed by atoms with Gasteiger partial charge in [-0.1, -0.05) is 30.3 Å². The maximum atomic E-state index is 10.0. The van der Waals surface area contributed by atoms with Gasteiger partial charge in [-0.2, -0.15) is 5.06 Å². The lowest BCUT2D eigenvalue weighted by Crippen LogP contribution is -2.62. The molecular weight excluding hydrogens is 327 g/mol. The zero-order valence-corrected chi connectivity index (χ0v) is 14.8. The van der Waals surface area contributed by atoms with Crippen LogP contribution in [0.1, 0.15) is 12.5 Å². The zero-order chi connectivity index (χ0) is 14.5. The number of piperazine rings is 1. The van der Waals surface area contributed by atoms with E-state index >= 15 is 0 Å². The molecule has 1 aliphatic rings. The second kappa shape index (κ2) is 10.4. The molecule has 5 nitrogen and oxygen atoms in total. The van der Waals surface area contributed by atoms with E-state index in [0.717, 1.165) is 13.0 Å². The highest BCUT2D eigenvalue weighted by Crippen LogP contribution is 2.23. The van der Waals surface area contributed by atoms with Crippen molar-refractivity contribution in [1.29, 1.82) is 0 Å². The van der Waals surface area contributed by atoms with Gasteiger partial charge < -0.3 is 9.84 Å². The molecule has 0 amide bonds. The summed E-state index contributed by atoms with van der Waals surface area (Å²) in [6.07, 6.45) is 0.119. The minimum absolute atomic E-state index is 0. The predicted molar refractivity (Wildman–Crippen MR) is 91.3 cm³/mol. The molecule has 1 N–H and O–H groups in total. The van der Waals surface area contributed by atoms with E-state index in [9.17, 15) is 5.11 Å². The number of hydroxylamine groups is 2. The Morgan fingerprint density at radius 3 is 2.32 bits per heavy atom. The Hall–Kier alpha value is -0.400. The molecule has 1 aromatic carbocycles. The number of nitrogens with zero attached hydrogens (tertiary/aromatic N) is 2. The van der Waals surface area contributed by atoms with Crippen molar-refractivity contribution in [2.75, 3.05) is 27.3 Å². The van der Waals surface area contributed by atoms with E-state index in [1.807, 2.05) is 23.3 Å². The third-order valence-electron chi connectivity index (χ3n) is 3.86. The van der Waals surface area contributed by atoms with Crippen LogP contribution in [0.25, 0.3) is 0 Å². The van der Waals surface area contributed by atoms with Crippen LogP contribution in [0.3, 0.4) is 0 Å². The molecule has 0 radical (unpaired) electrons. The van der Waals surface area contributed by atoms with Gasteiger partial charge >= 0.3 is 0 Å². The van der Waals surface area contributed by atoms with E-state index in [0.29, 0.717) is 6.54 Å². The maximum absolute atomic E-state index is 10.0. The van der Waals surface area contributed by atoms with Gasteiger partial charge in [0.25, 0.3) is 0 Å². The van der Waals surface area contributed by atoms with Gasteiger partial charge in [-0.05, 0) is 18.9 Å². The van der Waals surface area contributed by atoms with Crippen LogP contribution in [0, 0.1) is 0 Å². The predicted octanol–water partition coefficient (Wildman–Crippen LogP) is 1.93. The summed E-state index contributed by atoms with van der Waals surface area (Å²) < 4.78 is 5.61. The Kier molecular flexibility index (Phi) is 10.2. The number of methoxy groups -OCH3 is 1. The van der Waals surface area contributed by atoms with E-state index in [-0.39, 0.29) is 37.1 Å². The van der Waals surface area contributed by atoms with Gasteiger partial charge in [0.1, 0.15) is 12.5 Å². The Morgan fingerprint density at radius 2 is 1.82 bits per heavy atom. The summed E-state index contributed by atoms with van der Waals surface area (Å²) in [5.41, 5.74) is 1.23. The zero-order valence-electron chi connectivity index (χ0n) is 13.2. The molecule has 22 heavy (non-hydrogen) atoms. The quantitative estimate of drug-likeness (QED) is 0.877. The molecule has 1 fully saturated rings. The lowest BCUT2D eigenvalue weighted by Gasteiger charge is -2.46. The third-order valence-corrected chi connectivity index (χ3v) is 3.86. The van der Waals surface area contributed by atoms with Crippen LogP contribution in [0.15, 0.2) is 30.3 Å². The van der Waals surface area contributed by atoms with Gasteiger partial charge in [0.05, 0.1) is 13.2 Å². The number of halogens is 2. The summed E-state index contributed by atoms with van der Waals surface area (Å²) in [5.74, 6) is 0. The van der Waals surface area contributed by atoms with Gasteiger partial charge in [-0.3, -0.25) is 9.74 Å². The minimum Gasteiger partial charge on any atom is -0.379 e. The molecule has 0 saturated carbocycles. The first kappa shape index (κ1) is 21.6. The molecule has 0 aromatic heterocycles. The average Bonchev–Trinajstić information content (AvgIpc) is 2.47. The largest absolute Gasteiger partial charge is 0.379 e. The van der Waals surface area contributed by atoms with Crippen molar-refractivity contribution in [2.24, 2.45) is 0 Å². The van der Waals surface area contributed by atoms with Crippen molar-refractivity contribution >= 4 is 24.8 Å². The van der Waals surface area contributed by atoms with Crippen molar-refractivity contribution in [3.63, 3.8) is 0 Å². The normalized spacial score (nSPS) is 24.2. The first-order valence-corrected chi connectivity index (χ1v) is 6.98. The SMILES string of the molecule is COC1C(Cc2ccccc2)N(C(C)O)CCN1OC.Cl.Cl. The van der Waals surface area contributed by atoms with E-state index < -0.39 is 6.23 Å². The van der Waals surface area contributed by atoms with Crippen LogP contribution in [-0.2, 0) is 16.0 Å². The van der Waals surface area contributed by atoms with Gasteiger partial charge in [0.15, 0.2) is 0 Å². The van der Waals surface area contributed by atoms with Gasteiger partial charge in [0.2, 0.25) is 0 Å². The lowest BCUT2D eigenvalue weighted by atomic mass is 10.0. The molecule has 128 valence electrons. The Labute approximate surface area is 145 Å². The molecule has 0 aliphatic carbocycles.